The first-order chi connectivity index (χ1) is 9.74. The summed E-state index contributed by atoms with van der Waals surface area (Å²) in [5.41, 5.74) is 3.77. The largest absolute Gasteiger partial charge is 0.497 e. The summed E-state index contributed by atoms with van der Waals surface area (Å²) in [6.45, 7) is 4.03. The Bertz CT molecular complexity index is 583. The third-order valence-electron chi connectivity index (χ3n) is 2.96. The molecule has 3 heteroatoms. The molecule has 20 heavy (non-hydrogen) atoms. The molecule has 0 spiro atoms. The summed E-state index contributed by atoms with van der Waals surface area (Å²) >= 11 is 0. The normalized spacial score (nSPS) is 9.85. The van der Waals surface area contributed by atoms with E-state index < -0.39 is 0 Å². The van der Waals surface area contributed by atoms with Crippen molar-refractivity contribution in [2.75, 3.05) is 7.11 Å². The summed E-state index contributed by atoms with van der Waals surface area (Å²) in [6.07, 6.45) is 1.43. The molecular weight excluding hydrogens is 252 g/mol. The Kier molecular flexibility index (Phi) is 4.56. The van der Waals surface area contributed by atoms with Gasteiger partial charge < -0.3 is 9.47 Å². The van der Waals surface area contributed by atoms with E-state index in [0.717, 1.165) is 16.7 Å². The Hall–Kier alpha value is -2.55. The van der Waals surface area contributed by atoms with Gasteiger partial charge in [0.15, 0.2) is 0 Å². The average Bonchev–Trinajstić information content (AvgIpc) is 2.53. The van der Waals surface area contributed by atoms with Crippen LogP contribution in [0.2, 0.25) is 0 Å². The topological polar surface area (TPSA) is 35.5 Å². The molecular formula is C17H16O3. The molecule has 0 heterocycles. The Morgan fingerprint density at radius 1 is 1.05 bits per heavy atom. The highest BCUT2D eigenvalue weighted by Crippen LogP contribution is 2.21. The number of carbonyl (C=O) groups is 1. The van der Waals surface area contributed by atoms with Crippen LogP contribution in [-0.4, -0.2) is 13.1 Å². The van der Waals surface area contributed by atoms with E-state index in [1.807, 2.05) is 36.4 Å². The summed E-state index contributed by atoms with van der Waals surface area (Å²) in [7, 11) is 1.38. The van der Waals surface area contributed by atoms with E-state index in [0.29, 0.717) is 12.2 Å². The summed E-state index contributed by atoms with van der Waals surface area (Å²) in [4.78, 5) is 11.4. The minimum Gasteiger partial charge on any atom is -0.497 e. The molecule has 0 aliphatic rings. The number of hydrogen-bond acceptors (Lipinski definition) is 3. The maximum absolute atomic E-state index is 11.4. The standard InChI is InChI=1S/C17H16O3/c1-3-20-12-13-4-6-14(7-5-13)15-8-10-16(11-9-15)17(18)19-2/h3-11H,1,12H2,2H3. The second kappa shape index (κ2) is 6.57. The average molecular weight is 268 g/mol. The molecule has 0 saturated carbocycles. The monoisotopic (exact) mass is 268 g/mol. The van der Waals surface area contributed by atoms with E-state index in [1.54, 1.807) is 12.1 Å². The molecule has 0 amide bonds. The van der Waals surface area contributed by atoms with Gasteiger partial charge in [0.1, 0.15) is 6.61 Å². The lowest BCUT2D eigenvalue weighted by molar-refractivity contribution is 0.0601. The summed E-state index contributed by atoms with van der Waals surface area (Å²) in [5, 5.41) is 0. The molecule has 0 N–H and O–H groups in total. The summed E-state index contributed by atoms with van der Waals surface area (Å²) in [5.74, 6) is -0.325. The first-order valence-electron chi connectivity index (χ1n) is 6.25. The van der Waals surface area contributed by atoms with Crippen LogP contribution in [0.25, 0.3) is 11.1 Å². The first-order valence-corrected chi connectivity index (χ1v) is 6.25. The minimum absolute atomic E-state index is 0.325. The molecule has 0 fully saturated rings. The molecule has 0 aliphatic carbocycles. The van der Waals surface area contributed by atoms with Gasteiger partial charge in [0, 0.05) is 0 Å². The molecule has 0 atom stereocenters. The van der Waals surface area contributed by atoms with Gasteiger partial charge in [-0.05, 0) is 28.8 Å². The van der Waals surface area contributed by atoms with Crippen molar-refractivity contribution in [3.8, 4) is 11.1 Å². The first kappa shape index (κ1) is 13.9. The number of hydrogen-bond donors (Lipinski definition) is 0. The smallest absolute Gasteiger partial charge is 0.337 e. The molecule has 0 bridgehead atoms. The van der Waals surface area contributed by atoms with Crippen molar-refractivity contribution in [3.05, 3.63) is 72.5 Å². The third-order valence-corrected chi connectivity index (χ3v) is 2.96. The van der Waals surface area contributed by atoms with Crippen LogP contribution in [0.1, 0.15) is 15.9 Å². The van der Waals surface area contributed by atoms with Crippen LogP contribution in [0.5, 0.6) is 0 Å². The predicted molar refractivity (Wildman–Crippen MR) is 78.2 cm³/mol. The van der Waals surface area contributed by atoms with Crippen molar-refractivity contribution in [3.63, 3.8) is 0 Å². The van der Waals surface area contributed by atoms with E-state index in [4.69, 9.17) is 4.74 Å². The van der Waals surface area contributed by atoms with Gasteiger partial charge in [0.05, 0.1) is 18.9 Å². The molecule has 2 aromatic carbocycles. The van der Waals surface area contributed by atoms with Crippen molar-refractivity contribution in [2.45, 2.75) is 6.61 Å². The number of ether oxygens (including phenoxy) is 2. The van der Waals surface area contributed by atoms with Crippen LogP contribution in [0.3, 0.4) is 0 Å². The van der Waals surface area contributed by atoms with Crippen molar-refractivity contribution in [2.24, 2.45) is 0 Å². The molecule has 0 aliphatic heterocycles. The van der Waals surface area contributed by atoms with Crippen LogP contribution in [0.4, 0.5) is 0 Å². The SMILES string of the molecule is C=COCc1ccc(-c2ccc(C(=O)OC)cc2)cc1. The van der Waals surface area contributed by atoms with Gasteiger partial charge in [-0.15, -0.1) is 0 Å². The molecule has 0 aromatic heterocycles. The zero-order valence-electron chi connectivity index (χ0n) is 11.3. The molecule has 0 saturated heterocycles. The van der Waals surface area contributed by atoms with Crippen LogP contribution in [-0.2, 0) is 16.1 Å². The summed E-state index contributed by atoms with van der Waals surface area (Å²) in [6, 6.07) is 15.4. The van der Waals surface area contributed by atoms with E-state index in [1.165, 1.54) is 13.4 Å². The highest BCUT2D eigenvalue weighted by atomic mass is 16.5. The van der Waals surface area contributed by atoms with Crippen LogP contribution in [0.15, 0.2) is 61.4 Å². The Labute approximate surface area is 118 Å². The second-order valence-corrected chi connectivity index (χ2v) is 4.24. The van der Waals surface area contributed by atoms with Crippen LogP contribution in [0, 0.1) is 0 Å². The molecule has 102 valence electrons. The van der Waals surface area contributed by atoms with E-state index in [2.05, 4.69) is 11.3 Å². The van der Waals surface area contributed by atoms with Crippen molar-refractivity contribution in [1.29, 1.82) is 0 Å². The molecule has 0 radical (unpaired) electrons. The second-order valence-electron chi connectivity index (χ2n) is 4.24. The van der Waals surface area contributed by atoms with Gasteiger partial charge in [-0.25, -0.2) is 4.79 Å². The van der Waals surface area contributed by atoms with Gasteiger partial charge >= 0.3 is 5.97 Å². The van der Waals surface area contributed by atoms with Crippen molar-refractivity contribution < 1.29 is 14.3 Å². The number of carbonyl (C=O) groups excluding carboxylic acids is 1. The lowest BCUT2D eigenvalue weighted by atomic mass is 10.0. The predicted octanol–water partition coefficient (Wildman–Crippen LogP) is 3.80. The van der Waals surface area contributed by atoms with E-state index in [-0.39, 0.29) is 5.97 Å². The fourth-order valence-corrected chi connectivity index (χ4v) is 1.87. The third kappa shape index (κ3) is 3.26. The Balaban J connectivity index is 2.15. The highest BCUT2D eigenvalue weighted by molar-refractivity contribution is 5.89. The summed E-state index contributed by atoms with van der Waals surface area (Å²) < 4.78 is 9.81. The Morgan fingerprint density at radius 2 is 1.60 bits per heavy atom. The number of benzene rings is 2. The number of methoxy groups -OCH3 is 1. The Morgan fingerprint density at radius 3 is 2.10 bits per heavy atom. The quantitative estimate of drug-likeness (QED) is 0.611. The fraction of sp³-hybridized carbons (Fsp3) is 0.118. The van der Waals surface area contributed by atoms with Crippen LogP contribution < -0.4 is 0 Å². The number of rotatable bonds is 5. The van der Waals surface area contributed by atoms with Crippen molar-refractivity contribution >= 4 is 5.97 Å². The molecule has 3 nitrogen and oxygen atoms in total. The van der Waals surface area contributed by atoms with Crippen LogP contribution >= 0.6 is 0 Å². The maximum atomic E-state index is 11.4. The van der Waals surface area contributed by atoms with Crippen molar-refractivity contribution in [1.82, 2.24) is 0 Å². The fourth-order valence-electron chi connectivity index (χ4n) is 1.87. The molecule has 2 aromatic rings. The van der Waals surface area contributed by atoms with E-state index in [9.17, 15) is 4.79 Å². The van der Waals surface area contributed by atoms with Gasteiger partial charge in [-0.1, -0.05) is 43.0 Å². The number of esters is 1. The van der Waals surface area contributed by atoms with Gasteiger partial charge in [0.25, 0.3) is 0 Å². The van der Waals surface area contributed by atoms with Gasteiger partial charge in [-0.2, -0.15) is 0 Å². The van der Waals surface area contributed by atoms with Gasteiger partial charge in [0.2, 0.25) is 0 Å². The molecule has 0 unspecified atom stereocenters. The minimum atomic E-state index is -0.325. The highest BCUT2D eigenvalue weighted by Gasteiger charge is 2.05. The molecule has 2 rings (SSSR count). The lowest BCUT2D eigenvalue weighted by Crippen LogP contribution is -2.00. The lowest BCUT2D eigenvalue weighted by Gasteiger charge is -2.05. The maximum Gasteiger partial charge on any atom is 0.337 e. The zero-order chi connectivity index (χ0) is 14.4. The van der Waals surface area contributed by atoms with E-state index >= 15 is 0 Å². The van der Waals surface area contributed by atoms with Gasteiger partial charge in [-0.3, -0.25) is 0 Å². The zero-order valence-corrected chi connectivity index (χ0v) is 11.3.